The summed E-state index contributed by atoms with van der Waals surface area (Å²) in [7, 11) is 0. The van der Waals surface area contributed by atoms with E-state index in [0.29, 0.717) is 13.2 Å². The first-order chi connectivity index (χ1) is 7.77. The average molecular weight is 231 g/mol. The molecule has 0 radical (unpaired) electrons. The SMILES string of the molecule is CCCOCCN1CCOC(C(N)=NO)C1. The van der Waals surface area contributed by atoms with Crippen molar-refractivity contribution < 1.29 is 14.7 Å². The van der Waals surface area contributed by atoms with E-state index in [4.69, 9.17) is 20.4 Å². The molecule has 0 aliphatic carbocycles. The van der Waals surface area contributed by atoms with Crippen molar-refractivity contribution in [1.29, 1.82) is 0 Å². The first-order valence-corrected chi connectivity index (χ1v) is 5.67. The third-order valence-electron chi connectivity index (χ3n) is 2.50. The molecular formula is C10H21N3O3. The molecule has 1 aliphatic rings. The highest BCUT2D eigenvalue weighted by molar-refractivity contribution is 5.84. The molecule has 0 aromatic rings. The fourth-order valence-corrected chi connectivity index (χ4v) is 1.59. The van der Waals surface area contributed by atoms with E-state index in [2.05, 4.69) is 17.0 Å². The highest BCUT2D eigenvalue weighted by Crippen LogP contribution is 2.05. The molecule has 0 aromatic carbocycles. The van der Waals surface area contributed by atoms with Gasteiger partial charge in [0.25, 0.3) is 0 Å². The van der Waals surface area contributed by atoms with E-state index in [1.807, 2.05) is 0 Å². The van der Waals surface area contributed by atoms with E-state index in [9.17, 15) is 0 Å². The number of morpholine rings is 1. The van der Waals surface area contributed by atoms with Gasteiger partial charge in [-0.3, -0.25) is 4.90 Å². The lowest BCUT2D eigenvalue weighted by Crippen LogP contribution is -2.49. The van der Waals surface area contributed by atoms with Gasteiger partial charge in [-0.15, -0.1) is 0 Å². The number of amidine groups is 1. The quantitative estimate of drug-likeness (QED) is 0.219. The van der Waals surface area contributed by atoms with Gasteiger partial charge in [-0.1, -0.05) is 12.1 Å². The van der Waals surface area contributed by atoms with Crippen LogP contribution in [0, 0.1) is 0 Å². The Hall–Kier alpha value is -0.850. The molecular weight excluding hydrogens is 210 g/mol. The zero-order valence-electron chi connectivity index (χ0n) is 9.76. The topological polar surface area (TPSA) is 80.3 Å². The predicted octanol–water partition coefficient (Wildman–Crippen LogP) is -0.140. The summed E-state index contributed by atoms with van der Waals surface area (Å²) in [5.41, 5.74) is 5.50. The highest BCUT2D eigenvalue weighted by atomic mass is 16.5. The van der Waals surface area contributed by atoms with Crippen molar-refractivity contribution in [3.8, 4) is 0 Å². The van der Waals surface area contributed by atoms with Crippen LogP contribution in [-0.2, 0) is 9.47 Å². The fraction of sp³-hybridized carbons (Fsp3) is 0.900. The zero-order valence-corrected chi connectivity index (χ0v) is 9.76. The molecule has 1 saturated heterocycles. The molecule has 6 nitrogen and oxygen atoms in total. The molecule has 0 bridgehead atoms. The Bertz CT molecular complexity index is 223. The summed E-state index contributed by atoms with van der Waals surface area (Å²) in [4.78, 5) is 2.20. The Kier molecular flexibility index (Phi) is 6.14. The maximum Gasteiger partial charge on any atom is 0.169 e. The van der Waals surface area contributed by atoms with Gasteiger partial charge in [0.2, 0.25) is 0 Å². The first kappa shape index (κ1) is 13.2. The number of nitrogens with zero attached hydrogens (tertiary/aromatic N) is 2. The smallest absolute Gasteiger partial charge is 0.169 e. The lowest BCUT2D eigenvalue weighted by Gasteiger charge is -2.31. The van der Waals surface area contributed by atoms with E-state index in [1.165, 1.54) is 0 Å². The lowest BCUT2D eigenvalue weighted by molar-refractivity contribution is -0.00681. The van der Waals surface area contributed by atoms with Crippen LogP contribution in [0.25, 0.3) is 0 Å². The molecule has 1 atom stereocenters. The second-order valence-corrected chi connectivity index (χ2v) is 3.80. The highest BCUT2D eigenvalue weighted by Gasteiger charge is 2.23. The monoisotopic (exact) mass is 231 g/mol. The van der Waals surface area contributed by atoms with Gasteiger partial charge in [0, 0.05) is 26.2 Å². The van der Waals surface area contributed by atoms with Crippen LogP contribution in [0.3, 0.4) is 0 Å². The maximum absolute atomic E-state index is 8.56. The van der Waals surface area contributed by atoms with E-state index in [0.717, 1.165) is 32.7 Å². The molecule has 94 valence electrons. The number of oxime groups is 1. The molecule has 6 heteroatoms. The van der Waals surface area contributed by atoms with Crippen LogP contribution in [-0.4, -0.2) is 61.5 Å². The van der Waals surface area contributed by atoms with Crippen molar-refractivity contribution in [1.82, 2.24) is 4.90 Å². The second-order valence-electron chi connectivity index (χ2n) is 3.80. The molecule has 1 heterocycles. The van der Waals surface area contributed by atoms with Gasteiger partial charge < -0.3 is 20.4 Å². The standard InChI is InChI=1S/C10H21N3O3/c1-2-5-15-6-3-13-4-7-16-9(8-13)10(11)12-14/h9,14H,2-8H2,1H3,(H2,11,12). The van der Waals surface area contributed by atoms with Gasteiger partial charge in [0.15, 0.2) is 5.84 Å². The minimum atomic E-state index is -0.301. The Labute approximate surface area is 96.0 Å². The van der Waals surface area contributed by atoms with E-state index < -0.39 is 0 Å². The normalized spacial score (nSPS) is 23.6. The van der Waals surface area contributed by atoms with E-state index >= 15 is 0 Å². The summed E-state index contributed by atoms with van der Waals surface area (Å²) in [6.07, 6.45) is 0.737. The third kappa shape index (κ3) is 4.34. The number of ether oxygens (including phenoxy) is 2. The van der Waals surface area contributed by atoms with Crippen LogP contribution >= 0.6 is 0 Å². The maximum atomic E-state index is 8.56. The van der Waals surface area contributed by atoms with E-state index in [-0.39, 0.29) is 11.9 Å². The van der Waals surface area contributed by atoms with Crippen molar-refractivity contribution in [2.75, 3.05) is 39.5 Å². The molecule has 0 amide bonds. The van der Waals surface area contributed by atoms with Crippen LogP contribution in [0.1, 0.15) is 13.3 Å². The average Bonchev–Trinajstić information content (AvgIpc) is 2.34. The summed E-state index contributed by atoms with van der Waals surface area (Å²) < 4.78 is 10.8. The van der Waals surface area contributed by atoms with Gasteiger partial charge in [0.1, 0.15) is 6.10 Å². The van der Waals surface area contributed by atoms with Crippen LogP contribution in [0.15, 0.2) is 5.16 Å². The van der Waals surface area contributed by atoms with Crippen LogP contribution in [0.5, 0.6) is 0 Å². The Morgan fingerprint density at radius 1 is 1.62 bits per heavy atom. The van der Waals surface area contributed by atoms with Gasteiger partial charge in [-0.2, -0.15) is 0 Å². The number of nitrogens with two attached hydrogens (primary N) is 1. The number of hydrogen-bond acceptors (Lipinski definition) is 5. The summed E-state index contributed by atoms with van der Waals surface area (Å²) >= 11 is 0. The molecule has 16 heavy (non-hydrogen) atoms. The van der Waals surface area contributed by atoms with Gasteiger partial charge in [0.05, 0.1) is 13.2 Å². The predicted molar refractivity (Wildman–Crippen MR) is 60.7 cm³/mol. The Morgan fingerprint density at radius 3 is 3.12 bits per heavy atom. The second kappa shape index (κ2) is 7.43. The molecule has 0 saturated carbocycles. The van der Waals surface area contributed by atoms with Gasteiger partial charge >= 0.3 is 0 Å². The van der Waals surface area contributed by atoms with Crippen molar-refractivity contribution in [2.45, 2.75) is 19.4 Å². The molecule has 0 spiro atoms. The summed E-state index contributed by atoms with van der Waals surface area (Å²) in [5, 5.41) is 11.5. The molecule has 3 N–H and O–H groups in total. The zero-order chi connectivity index (χ0) is 11.8. The van der Waals surface area contributed by atoms with Crippen molar-refractivity contribution in [3.63, 3.8) is 0 Å². The van der Waals surface area contributed by atoms with E-state index in [1.54, 1.807) is 0 Å². The summed E-state index contributed by atoms with van der Waals surface area (Å²) in [5.74, 6) is 0.138. The number of rotatable bonds is 6. The summed E-state index contributed by atoms with van der Waals surface area (Å²) in [6, 6.07) is 0. The van der Waals surface area contributed by atoms with Crippen LogP contribution in [0.2, 0.25) is 0 Å². The molecule has 1 aliphatic heterocycles. The number of hydrogen-bond donors (Lipinski definition) is 2. The molecule has 1 rings (SSSR count). The van der Waals surface area contributed by atoms with Crippen LogP contribution < -0.4 is 5.73 Å². The third-order valence-corrected chi connectivity index (χ3v) is 2.50. The van der Waals surface area contributed by atoms with Crippen molar-refractivity contribution in [3.05, 3.63) is 0 Å². The minimum absolute atomic E-state index is 0.138. The van der Waals surface area contributed by atoms with Gasteiger partial charge in [-0.05, 0) is 6.42 Å². The van der Waals surface area contributed by atoms with Crippen molar-refractivity contribution in [2.24, 2.45) is 10.9 Å². The van der Waals surface area contributed by atoms with Gasteiger partial charge in [-0.25, -0.2) is 0 Å². The Balaban J connectivity index is 2.22. The molecule has 1 unspecified atom stereocenters. The van der Waals surface area contributed by atoms with Crippen molar-refractivity contribution >= 4 is 5.84 Å². The van der Waals surface area contributed by atoms with Crippen LogP contribution in [0.4, 0.5) is 0 Å². The summed E-state index contributed by atoms with van der Waals surface area (Å²) in [6.45, 7) is 6.59. The first-order valence-electron chi connectivity index (χ1n) is 5.67. The lowest BCUT2D eigenvalue weighted by atomic mass is 10.2. The minimum Gasteiger partial charge on any atom is -0.409 e. The molecule has 0 aromatic heterocycles. The Morgan fingerprint density at radius 2 is 2.44 bits per heavy atom. The molecule has 1 fully saturated rings. The largest absolute Gasteiger partial charge is 0.409 e. The fourth-order valence-electron chi connectivity index (χ4n) is 1.59.